The van der Waals surface area contributed by atoms with Gasteiger partial charge in [-0.15, -0.1) is 0 Å². The van der Waals surface area contributed by atoms with Gasteiger partial charge in [0.1, 0.15) is 23.7 Å². The van der Waals surface area contributed by atoms with Crippen LogP contribution in [0.4, 0.5) is 8.78 Å². The third kappa shape index (κ3) is 6.99. The van der Waals surface area contributed by atoms with Crippen molar-refractivity contribution in [2.45, 2.75) is 94.1 Å². The number of alkyl halides is 1. The summed E-state index contributed by atoms with van der Waals surface area (Å²) in [6.45, 7) is 11.4. The molecule has 4 rings (SSSR count). The van der Waals surface area contributed by atoms with Crippen LogP contribution in [0.3, 0.4) is 0 Å². The second kappa shape index (κ2) is 12.4. The van der Waals surface area contributed by atoms with Crippen LogP contribution < -0.4 is 0 Å². The summed E-state index contributed by atoms with van der Waals surface area (Å²) in [7, 11) is -4.93. The fraction of sp³-hybridized carbons (Fsp3) is 0.600. The van der Waals surface area contributed by atoms with Crippen molar-refractivity contribution in [1.82, 2.24) is 4.31 Å². The largest absolute Gasteiger partial charge is 0.356 e. The van der Waals surface area contributed by atoms with Crippen LogP contribution in [0.15, 0.2) is 42.5 Å². The summed E-state index contributed by atoms with van der Waals surface area (Å²) in [6.07, 6.45) is 2.28. The van der Waals surface area contributed by atoms with Gasteiger partial charge in [0.05, 0.1) is 5.60 Å². The molecule has 5 nitrogen and oxygen atoms in total. The lowest BCUT2D eigenvalue weighted by Crippen LogP contribution is -2.56. The highest BCUT2D eigenvalue weighted by Gasteiger charge is 2.54. The molecule has 40 heavy (non-hydrogen) atoms. The zero-order valence-electron chi connectivity index (χ0n) is 24.2. The predicted octanol–water partition coefficient (Wildman–Crippen LogP) is 7.57. The van der Waals surface area contributed by atoms with E-state index in [9.17, 15) is 8.42 Å². The van der Waals surface area contributed by atoms with Gasteiger partial charge in [-0.1, -0.05) is 72.6 Å². The molecule has 0 amide bonds. The van der Waals surface area contributed by atoms with E-state index < -0.39 is 46.0 Å². The molecule has 1 saturated heterocycles. The molecule has 0 aromatic heterocycles. The number of ether oxygens (including phenoxy) is 2. The Morgan fingerprint density at radius 1 is 1.07 bits per heavy atom. The van der Waals surface area contributed by atoms with Crippen molar-refractivity contribution in [3.05, 3.63) is 70.8 Å². The zero-order chi connectivity index (χ0) is 29.3. The normalized spacial score (nSPS) is 28.8. The number of benzene rings is 2. The van der Waals surface area contributed by atoms with Gasteiger partial charge in [-0.2, -0.15) is 4.31 Å². The molecule has 0 bridgehead atoms. The fourth-order valence-corrected chi connectivity index (χ4v) is 9.99. The van der Waals surface area contributed by atoms with Crippen molar-refractivity contribution in [2.24, 2.45) is 0 Å². The van der Waals surface area contributed by atoms with Crippen molar-refractivity contribution < 1.29 is 26.7 Å². The molecule has 2 aromatic carbocycles. The molecule has 0 spiro atoms. The van der Waals surface area contributed by atoms with Crippen LogP contribution in [-0.4, -0.2) is 50.3 Å². The van der Waals surface area contributed by atoms with Gasteiger partial charge < -0.3 is 9.47 Å². The molecule has 0 radical (unpaired) electrons. The van der Waals surface area contributed by atoms with Crippen LogP contribution in [-0.2, 0) is 31.5 Å². The van der Waals surface area contributed by atoms with Crippen LogP contribution >= 0.6 is 22.6 Å². The second-order valence-corrected chi connectivity index (χ2v) is 21.5. The lowest BCUT2D eigenvalue weighted by Gasteiger charge is -2.54. The quantitative estimate of drug-likeness (QED) is 0.0796. The van der Waals surface area contributed by atoms with E-state index in [1.54, 1.807) is 0 Å². The van der Waals surface area contributed by atoms with Gasteiger partial charge >= 0.3 is 0 Å². The molecule has 1 aliphatic carbocycles. The standard InChI is InChI=1S/C30H42F2INO4SSi/c1-22-11-12-28(23-9-7-6-8-10-23)39(35,36)34(22)17-24-15-27(32)25(16-26(24)31)30(20-33)18-29(2,19-30)38-21-37-13-14-40(3,4)5/h6-10,15-16,22,28H,11-14,17-21H2,1-5H3/t22-,28+,29-,30+/m0/s1. The van der Waals surface area contributed by atoms with Crippen molar-refractivity contribution in [3.8, 4) is 0 Å². The minimum Gasteiger partial charge on any atom is -0.356 e. The topological polar surface area (TPSA) is 55.8 Å². The van der Waals surface area contributed by atoms with E-state index in [0.717, 1.165) is 11.6 Å². The Kier molecular flexibility index (Phi) is 9.89. The van der Waals surface area contributed by atoms with Gasteiger partial charge in [0.15, 0.2) is 0 Å². The summed E-state index contributed by atoms with van der Waals surface area (Å²) in [4.78, 5) is 0. The van der Waals surface area contributed by atoms with Crippen LogP contribution in [0.1, 0.15) is 61.5 Å². The summed E-state index contributed by atoms with van der Waals surface area (Å²) < 4.78 is 72.1. The molecule has 222 valence electrons. The van der Waals surface area contributed by atoms with Gasteiger partial charge in [0.2, 0.25) is 10.0 Å². The summed E-state index contributed by atoms with van der Waals surface area (Å²) in [5.74, 6) is -1.07. The Balaban J connectivity index is 1.47. The minimum absolute atomic E-state index is 0.0585. The number of sulfonamides is 1. The first-order valence-electron chi connectivity index (χ1n) is 14.0. The average molecular weight is 706 g/mol. The number of nitrogens with zero attached hydrogens (tertiary/aromatic N) is 1. The maximum Gasteiger partial charge on any atom is 0.221 e. The van der Waals surface area contributed by atoms with E-state index >= 15 is 8.78 Å². The first-order valence-corrected chi connectivity index (χ1v) is 20.8. The summed E-state index contributed by atoms with van der Waals surface area (Å²) >= 11 is 2.23. The SMILES string of the molecule is C[C@H]1CC[C@H](c2ccccc2)S(=O)(=O)N1Cc1cc(F)c([C@]2(CI)C[C@](C)(OCOCC[Si](C)(C)C)C2)cc1F. The van der Waals surface area contributed by atoms with Gasteiger partial charge in [0, 0.05) is 42.7 Å². The van der Waals surface area contributed by atoms with E-state index in [0.29, 0.717) is 42.3 Å². The highest BCUT2D eigenvalue weighted by Crippen LogP contribution is 2.54. The molecule has 1 heterocycles. The number of hydrogen-bond donors (Lipinski definition) is 0. The first-order chi connectivity index (χ1) is 18.7. The van der Waals surface area contributed by atoms with E-state index in [-0.39, 0.29) is 24.9 Å². The summed E-state index contributed by atoms with van der Waals surface area (Å²) in [5.41, 5.74) is 0.112. The van der Waals surface area contributed by atoms with Gasteiger partial charge in [-0.3, -0.25) is 0 Å². The maximum absolute atomic E-state index is 15.6. The van der Waals surface area contributed by atoms with Crippen molar-refractivity contribution in [1.29, 1.82) is 0 Å². The average Bonchev–Trinajstić information content (AvgIpc) is 2.86. The summed E-state index contributed by atoms with van der Waals surface area (Å²) in [5, 5.41) is -0.688. The molecule has 2 fully saturated rings. The third-order valence-electron chi connectivity index (χ3n) is 8.40. The van der Waals surface area contributed by atoms with Gasteiger partial charge in [-0.25, -0.2) is 17.2 Å². The van der Waals surface area contributed by atoms with E-state index in [2.05, 4.69) is 42.2 Å². The zero-order valence-corrected chi connectivity index (χ0v) is 28.2. The molecule has 2 aliphatic rings. The van der Waals surface area contributed by atoms with E-state index in [1.807, 2.05) is 44.2 Å². The number of hydrogen-bond acceptors (Lipinski definition) is 4. The van der Waals surface area contributed by atoms with Gasteiger partial charge in [-0.05, 0) is 68.8 Å². The lowest BCUT2D eigenvalue weighted by atomic mass is 9.57. The minimum atomic E-state index is -3.75. The highest BCUT2D eigenvalue weighted by atomic mass is 127. The second-order valence-electron chi connectivity index (χ2n) is 13.0. The lowest BCUT2D eigenvalue weighted by molar-refractivity contribution is -0.185. The molecule has 10 heteroatoms. The smallest absolute Gasteiger partial charge is 0.221 e. The van der Waals surface area contributed by atoms with Crippen molar-refractivity contribution in [2.75, 3.05) is 17.8 Å². The summed E-state index contributed by atoms with van der Waals surface area (Å²) in [6, 6.07) is 12.4. The van der Waals surface area contributed by atoms with Crippen LogP contribution in [0.2, 0.25) is 25.7 Å². The molecule has 2 aromatic rings. The molecule has 1 saturated carbocycles. The van der Waals surface area contributed by atoms with Crippen molar-refractivity contribution in [3.63, 3.8) is 0 Å². The molecular formula is C30H42F2INO4SSi. The highest BCUT2D eigenvalue weighted by molar-refractivity contribution is 14.1. The molecule has 0 N–H and O–H groups in total. The van der Waals surface area contributed by atoms with E-state index in [4.69, 9.17) is 9.47 Å². The Morgan fingerprint density at radius 3 is 2.38 bits per heavy atom. The Bertz CT molecular complexity index is 1280. The third-order valence-corrected chi connectivity index (χ3v) is 13.9. The Hall–Kier alpha value is -0.923. The number of halogens is 3. The molecule has 0 unspecified atom stereocenters. The van der Waals surface area contributed by atoms with Crippen molar-refractivity contribution >= 4 is 40.7 Å². The molecule has 2 atom stereocenters. The van der Waals surface area contributed by atoms with Gasteiger partial charge in [0.25, 0.3) is 0 Å². The fourth-order valence-electron chi connectivity index (χ4n) is 6.10. The van der Waals surface area contributed by atoms with Crippen LogP contribution in [0, 0.1) is 11.6 Å². The maximum atomic E-state index is 15.6. The number of rotatable bonds is 11. The first kappa shape index (κ1) is 32.0. The van der Waals surface area contributed by atoms with E-state index in [1.165, 1.54) is 16.4 Å². The molecular weight excluding hydrogens is 663 g/mol. The van der Waals surface area contributed by atoms with Crippen LogP contribution in [0.25, 0.3) is 0 Å². The predicted molar refractivity (Wildman–Crippen MR) is 167 cm³/mol. The Labute approximate surface area is 253 Å². The van der Waals surface area contributed by atoms with Crippen LogP contribution in [0.5, 0.6) is 0 Å². The molecule has 1 aliphatic heterocycles. The Morgan fingerprint density at radius 2 is 1.75 bits per heavy atom. The monoisotopic (exact) mass is 705 g/mol.